The molecule has 0 radical (unpaired) electrons. The van der Waals surface area contributed by atoms with Gasteiger partial charge in [0, 0.05) is 6.42 Å². The Morgan fingerprint density at radius 2 is 2.38 bits per heavy atom. The van der Waals surface area contributed by atoms with Crippen molar-refractivity contribution < 1.29 is 14.6 Å². The first-order valence-corrected chi connectivity index (χ1v) is 2.49. The van der Waals surface area contributed by atoms with Crippen molar-refractivity contribution in [2.24, 2.45) is 0 Å². The molecular formula is C4H7ClO3. The van der Waals surface area contributed by atoms with E-state index in [9.17, 15) is 4.79 Å². The highest BCUT2D eigenvalue weighted by Crippen LogP contribution is 1.88. The molecule has 0 aromatic rings. The molecule has 48 valence electrons. The van der Waals surface area contributed by atoms with Gasteiger partial charge in [0.05, 0.1) is 13.7 Å². The molecule has 0 fully saturated rings. The smallest absolute Gasteiger partial charge is 0.224 e. The van der Waals surface area contributed by atoms with Gasteiger partial charge in [0.1, 0.15) is 0 Å². The van der Waals surface area contributed by atoms with Crippen molar-refractivity contribution >= 4 is 16.8 Å². The summed E-state index contributed by atoms with van der Waals surface area (Å²) in [6, 6.07) is 0. The predicted octanol–water partition coefficient (Wildman–Crippen LogP) is 0.720. The van der Waals surface area contributed by atoms with Gasteiger partial charge in [-0.15, -0.1) is 0 Å². The van der Waals surface area contributed by atoms with Crippen LogP contribution in [0.3, 0.4) is 0 Å². The van der Waals surface area contributed by atoms with Crippen molar-refractivity contribution in [1.29, 1.82) is 0 Å². The van der Waals surface area contributed by atoms with Crippen LogP contribution in [0.2, 0.25) is 0 Å². The van der Waals surface area contributed by atoms with Crippen LogP contribution in [0, 0.1) is 0 Å². The maximum atomic E-state index is 9.95. The van der Waals surface area contributed by atoms with Crippen LogP contribution in [-0.2, 0) is 14.6 Å². The first kappa shape index (κ1) is 7.88. The molecular weight excluding hydrogens is 131 g/mol. The molecule has 0 aromatic heterocycles. The Kier molecular flexibility index (Phi) is 4.95. The Bertz CT molecular complexity index is 73.7. The minimum Gasteiger partial charge on any atom is -0.281 e. The van der Waals surface area contributed by atoms with E-state index in [1.807, 2.05) is 0 Å². The molecule has 4 heteroatoms. The third-order valence-corrected chi connectivity index (χ3v) is 0.689. The van der Waals surface area contributed by atoms with Crippen molar-refractivity contribution in [2.45, 2.75) is 6.42 Å². The number of hydrogen-bond donors (Lipinski definition) is 0. The minimum atomic E-state index is -0.415. The third kappa shape index (κ3) is 5.88. The molecule has 0 aliphatic carbocycles. The van der Waals surface area contributed by atoms with Gasteiger partial charge < -0.3 is 0 Å². The van der Waals surface area contributed by atoms with E-state index in [2.05, 4.69) is 9.78 Å². The Morgan fingerprint density at radius 1 is 1.75 bits per heavy atom. The molecule has 0 saturated carbocycles. The molecule has 0 rings (SSSR count). The first-order chi connectivity index (χ1) is 3.77. The first-order valence-electron chi connectivity index (χ1n) is 2.11. The van der Waals surface area contributed by atoms with Gasteiger partial charge in [0.15, 0.2) is 0 Å². The van der Waals surface area contributed by atoms with Gasteiger partial charge in [-0.25, -0.2) is 9.78 Å². The summed E-state index contributed by atoms with van der Waals surface area (Å²) in [4.78, 5) is 18.5. The van der Waals surface area contributed by atoms with E-state index in [0.29, 0.717) is 0 Å². The maximum absolute atomic E-state index is 9.95. The Balaban J connectivity index is 2.82. The Morgan fingerprint density at radius 3 is 2.75 bits per heavy atom. The van der Waals surface area contributed by atoms with Crippen LogP contribution < -0.4 is 0 Å². The van der Waals surface area contributed by atoms with Crippen LogP contribution in [-0.4, -0.2) is 19.0 Å². The quantitative estimate of drug-likeness (QED) is 0.249. The second kappa shape index (κ2) is 5.03. The highest BCUT2D eigenvalue weighted by Gasteiger charge is 1.93. The van der Waals surface area contributed by atoms with E-state index in [1.165, 1.54) is 7.11 Å². The fraction of sp³-hybridized carbons (Fsp3) is 0.750. The van der Waals surface area contributed by atoms with Crippen LogP contribution in [0.15, 0.2) is 0 Å². The number of carbonyl (C=O) groups excluding carboxylic acids is 1. The van der Waals surface area contributed by atoms with Crippen LogP contribution in [0.5, 0.6) is 0 Å². The lowest BCUT2D eigenvalue weighted by Crippen LogP contribution is -1.96. The van der Waals surface area contributed by atoms with Gasteiger partial charge in [0.25, 0.3) is 0 Å². The van der Waals surface area contributed by atoms with E-state index < -0.39 is 5.24 Å². The fourth-order valence-electron chi connectivity index (χ4n) is 0.205. The number of halogens is 1. The van der Waals surface area contributed by atoms with Gasteiger partial charge in [-0.3, -0.25) is 4.79 Å². The number of carbonyl (C=O) groups is 1. The molecule has 0 aliphatic heterocycles. The standard InChI is InChI=1S/C4H7ClO3/c1-7-8-3-2-4(5)6/h2-3H2,1H3. The monoisotopic (exact) mass is 138 g/mol. The lowest BCUT2D eigenvalue weighted by molar-refractivity contribution is -0.271. The van der Waals surface area contributed by atoms with E-state index in [0.717, 1.165) is 0 Å². The van der Waals surface area contributed by atoms with Gasteiger partial charge in [0.2, 0.25) is 5.24 Å². The van der Waals surface area contributed by atoms with E-state index in [1.54, 1.807) is 0 Å². The average molecular weight is 139 g/mol. The van der Waals surface area contributed by atoms with Crippen molar-refractivity contribution in [3.05, 3.63) is 0 Å². The normalized spacial score (nSPS) is 9.25. The third-order valence-electron chi connectivity index (χ3n) is 0.500. The molecule has 0 aromatic carbocycles. The molecule has 8 heavy (non-hydrogen) atoms. The number of rotatable bonds is 4. The summed E-state index contributed by atoms with van der Waals surface area (Å²) in [6.45, 7) is 0.221. The lowest BCUT2D eigenvalue weighted by atomic mass is 10.5. The summed E-state index contributed by atoms with van der Waals surface area (Å²) < 4.78 is 0. The zero-order valence-electron chi connectivity index (χ0n) is 4.52. The summed E-state index contributed by atoms with van der Waals surface area (Å²) >= 11 is 4.94. The molecule has 0 amide bonds. The summed E-state index contributed by atoms with van der Waals surface area (Å²) in [5.41, 5.74) is 0. The van der Waals surface area contributed by atoms with E-state index in [-0.39, 0.29) is 13.0 Å². The second-order valence-electron chi connectivity index (χ2n) is 1.09. The fourth-order valence-corrected chi connectivity index (χ4v) is 0.282. The molecule has 0 bridgehead atoms. The summed E-state index contributed by atoms with van der Waals surface area (Å²) in [5, 5.41) is -0.415. The summed E-state index contributed by atoms with van der Waals surface area (Å²) in [5.74, 6) is 0. The average Bonchev–Trinajstić information content (AvgIpc) is 1.66. The molecule has 0 N–H and O–H groups in total. The van der Waals surface area contributed by atoms with Crippen molar-refractivity contribution in [3.8, 4) is 0 Å². The molecule has 0 aliphatic rings. The topological polar surface area (TPSA) is 35.5 Å². The molecule has 0 heterocycles. The maximum Gasteiger partial charge on any atom is 0.224 e. The van der Waals surface area contributed by atoms with Crippen LogP contribution in [0.1, 0.15) is 6.42 Å². The Labute approximate surface area is 52.5 Å². The van der Waals surface area contributed by atoms with Crippen LogP contribution in [0.4, 0.5) is 0 Å². The number of hydrogen-bond acceptors (Lipinski definition) is 3. The second-order valence-corrected chi connectivity index (χ2v) is 1.52. The molecule has 0 unspecified atom stereocenters. The van der Waals surface area contributed by atoms with Gasteiger partial charge in [-0.1, -0.05) is 0 Å². The molecule has 0 saturated heterocycles. The zero-order chi connectivity index (χ0) is 6.41. The van der Waals surface area contributed by atoms with Gasteiger partial charge in [-0.05, 0) is 11.6 Å². The van der Waals surface area contributed by atoms with E-state index >= 15 is 0 Å². The highest BCUT2D eigenvalue weighted by atomic mass is 35.5. The van der Waals surface area contributed by atoms with Gasteiger partial charge >= 0.3 is 0 Å². The van der Waals surface area contributed by atoms with Crippen LogP contribution in [0.25, 0.3) is 0 Å². The highest BCUT2D eigenvalue weighted by molar-refractivity contribution is 6.63. The predicted molar refractivity (Wildman–Crippen MR) is 28.4 cm³/mol. The SMILES string of the molecule is COOCCC(=O)Cl. The Hall–Kier alpha value is -0.120. The molecule has 3 nitrogen and oxygen atoms in total. The summed E-state index contributed by atoms with van der Waals surface area (Å²) in [6.07, 6.45) is 0.190. The van der Waals surface area contributed by atoms with E-state index in [4.69, 9.17) is 11.6 Å². The van der Waals surface area contributed by atoms with Crippen molar-refractivity contribution in [3.63, 3.8) is 0 Å². The van der Waals surface area contributed by atoms with Gasteiger partial charge in [-0.2, -0.15) is 0 Å². The lowest BCUT2D eigenvalue weighted by Gasteiger charge is -1.92. The zero-order valence-corrected chi connectivity index (χ0v) is 5.27. The largest absolute Gasteiger partial charge is 0.281 e. The van der Waals surface area contributed by atoms with Crippen molar-refractivity contribution in [2.75, 3.05) is 13.7 Å². The molecule has 0 spiro atoms. The summed E-state index contributed by atoms with van der Waals surface area (Å²) in [7, 11) is 1.37. The molecule has 0 atom stereocenters. The van der Waals surface area contributed by atoms with Crippen molar-refractivity contribution in [1.82, 2.24) is 0 Å². The minimum absolute atomic E-state index is 0.190. The van der Waals surface area contributed by atoms with Crippen LogP contribution >= 0.6 is 11.6 Å².